The molecule has 0 radical (unpaired) electrons. The van der Waals surface area contributed by atoms with E-state index in [1.807, 2.05) is 19.0 Å². The zero-order valence-corrected chi connectivity index (χ0v) is 28.8. The van der Waals surface area contributed by atoms with Crippen LogP contribution in [0.25, 0.3) is 0 Å². The molecule has 4 aromatic rings. The summed E-state index contributed by atoms with van der Waals surface area (Å²) < 4.78 is 97.3. The summed E-state index contributed by atoms with van der Waals surface area (Å²) in [5.41, 5.74) is 0.222. The molecule has 1 N–H and O–H groups in total. The third-order valence-corrected chi connectivity index (χ3v) is 10.8. The number of sulfonamides is 1. The maximum atomic E-state index is 15.9. The number of rotatable bonds is 11. The van der Waals surface area contributed by atoms with E-state index in [4.69, 9.17) is 21.1 Å². The minimum absolute atomic E-state index is 0.0109. The lowest BCUT2D eigenvalue weighted by Gasteiger charge is -2.41. The van der Waals surface area contributed by atoms with Gasteiger partial charge in [-0.25, -0.2) is 27.1 Å². The highest BCUT2D eigenvalue weighted by molar-refractivity contribution is 7.92. The topological polar surface area (TPSA) is 96.9 Å². The number of hydrogen-bond donors (Lipinski definition) is 1. The molecule has 1 fully saturated rings. The minimum atomic E-state index is -4.61. The van der Waals surface area contributed by atoms with Gasteiger partial charge >= 0.3 is 6.18 Å². The number of anilines is 2. The van der Waals surface area contributed by atoms with Crippen molar-refractivity contribution in [3.63, 3.8) is 0 Å². The van der Waals surface area contributed by atoms with Crippen molar-refractivity contribution in [2.75, 3.05) is 37.9 Å². The second-order valence-corrected chi connectivity index (χ2v) is 14.1. The van der Waals surface area contributed by atoms with E-state index >= 15 is 4.39 Å². The minimum Gasteiger partial charge on any atom is -0.497 e. The summed E-state index contributed by atoms with van der Waals surface area (Å²) in [7, 11) is 1.97. The van der Waals surface area contributed by atoms with Crippen LogP contribution in [0.1, 0.15) is 41.9 Å². The van der Waals surface area contributed by atoms with Gasteiger partial charge in [-0.1, -0.05) is 29.8 Å². The Balaban J connectivity index is 1.43. The molecule has 1 aliphatic rings. The summed E-state index contributed by atoms with van der Waals surface area (Å²) in [6.07, 6.45) is -0.613. The Morgan fingerprint density at radius 2 is 1.78 bits per heavy atom. The van der Waals surface area contributed by atoms with Gasteiger partial charge < -0.3 is 19.7 Å². The molecule has 0 saturated heterocycles. The lowest BCUT2D eigenvalue weighted by molar-refractivity contribution is -0.138. The second-order valence-electron chi connectivity index (χ2n) is 11.9. The molecular formula is C34H36ClF4N5O4S. The fraction of sp³-hybridized carbons (Fsp3) is 0.353. The first kappa shape index (κ1) is 36.1. The van der Waals surface area contributed by atoms with Crippen LogP contribution in [0.15, 0.2) is 78.1 Å². The standard InChI is InChI=1S/C34H36ClF4N5O4S/c1-43(2)30-15-21(24-7-5-6-8-25(24)34(37,38)39)10-12-28(30)42-29-18-27(36)32(17-26(29)35)49(45,46)44(33-13-14-40-20-41-33)19-22-9-11-23(47-3)16-31(22)48-4/h5-9,11,13-14,16-18,20-21,28,30,42H,10,12,15,19H2,1-4H3/t21?,28-,30-/m0/s1. The smallest absolute Gasteiger partial charge is 0.416 e. The van der Waals surface area contributed by atoms with Gasteiger partial charge in [0.05, 0.1) is 37.0 Å². The number of hydrogen-bond acceptors (Lipinski definition) is 8. The summed E-state index contributed by atoms with van der Waals surface area (Å²) in [4.78, 5) is 9.22. The fourth-order valence-electron chi connectivity index (χ4n) is 6.29. The molecule has 49 heavy (non-hydrogen) atoms. The van der Waals surface area contributed by atoms with E-state index in [9.17, 15) is 21.6 Å². The van der Waals surface area contributed by atoms with E-state index in [0.717, 1.165) is 22.5 Å². The van der Waals surface area contributed by atoms with Crippen molar-refractivity contribution >= 4 is 33.1 Å². The first-order valence-corrected chi connectivity index (χ1v) is 17.1. The molecule has 1 heterocycles. The lowest BCUT2D eigenvalue weighted by Crippen LogP contribution is -2.47. The number of nitrogens with zero attached hydrogens (tertiary/aromatic N) is 4. The number of aromatic nitrogens is 2. The quantitative estimate of drug-likeness (QED) is 0.160. The SMILES string of the molecule is COc1ccc(CN(c2ccncn2)S(=O)(=O)c2cc(Cl)c(N[C@H]3CCC(c4ccccc4C(F)(F)F)C[C@@H]3N(C)C)cc2F)c(OC)c1. The van der Waals surface area contributed by atoms with Crippen LogP contribution in [0.4, 0.5) is 29.1 Å². The third kappa shape index (κ3) is 7.86. The first-order valence-electron chi connectivity index (χ1n) is 15.3. The Morgan fingerprint density at radius 1 is 1.02 bits per heavy atom. The van der Waals surface area contributed by atoms with Gasteiger partial charge in [-0.2, -0.15) is 13.2 Å². The van der Waals surface area contributed by atoms with Gasteiger partial charge in [0.1, 0.15) is 34.4 Å². The molecule has 9 nitrogen and oxygen atoms in total. The average molecular weight is 722 g/mol. The van der Waals surface area contributed by atoms with Crippen LogP contribution in [0, 0.1) is 5.82 Å². The van der Waals surface area contributed by atoms with Crippen molar-refractivity contribution < 1.29 is 35.5 Å². The molecule has 3 atom stereocenters. The number of alkyl halides is 3. The van der Waals surface area contributed by atoms with E-state index in [-0.39, 0.29) is 46.6 Å². The number of methoxy groups -OCH3 is 2. The molecule has 0 aliphatic heterocycles. The molecule has 1 saturated carbocycles. The first-order chi connectivity index (χ1) is 23.2. The predicted molar refractivity (Wildman–Crippen MR) is 179 cm³/mol. The molecule has 0 spiro atoms. The normalized spacial score (nSPS) is 18.3. The van der Waals surface area contributed by atoms with Crippen molar-refractivity contribution in [2.24, 2.45) is 0 Å². The molecule has 1 aliphatic carbocycles. The van der Waals surface area contributed by atoms with E-state index in [1.54, 1.807) is 24.3 Å². The largest absolute Gasteiger partial charge is 0.497 e. The zero-order valence-electron chi connectivity index (χ0n) is 27.2. The molecule has 1 aromatic heterocycles. The Hall–Kier alpha value is -4.14. The van der Waals surface area contributed by atoms with Crippen molar-refractivity contribution in [1.29, 1.82) is 0 Å². The van der Waals surface area contributed by atoms with Gasteiger partial charge in [-0.15, -0.1) is 0 Å². The summed E-state index contributed by atoms with van der Waals surface area (Å²) in [5.74, 6) is -0.571. The summed E-state index contributed by atoms with van der Waals surface area (Å²) in [6, 6.07) is 13.4. The molecule has 3 aromatic carbocycles. The van der Waals surface area contributed by atoms with E-state index in [0.29, 0.717) is 36.3 Å². The second kappa shape index (κ2) is 14.8. The van der Waals surface area contributed by atoms with Crippen LogP contribution >= 0.6 is 11.6 Å². The van der Waals surface area contributed by atoms with Crippen LogP contribution in [0.2, 0.25) is 5.02 Å². The Labute approximate surface area is 287 Å². The number of ether oxygens (including phenoxy) is 2. The molecule has 0 bridgehead atoms. The van der Waals surface area contributed by atoms with Crippen molar-refractivity contribution in [2.45, 2.75) is 54.9 Å². The van der Waals surface area contributed by atoms with Crippen LogP contribution in [0.3, 0.4) is 0 Å². The van der Waals surface area contributed by atoms with Gasteiger partial charge in [-0.3, -0.25) is 0 Å². The number of likely N-dealkylation sites (N-methyl/N-ethyl adjacent to an activating group) is 1. The maximum Gasteiger partial charge on any atom is 0.416 e. The van der Waals surface area contributed by atoms with E-state index in [1.165, 1.54) is 44.9 Å². The van der Waals surface area contributed by atoms with E-state index in [2.05, 4.69) is 15.3 Å². The molecular weight excluding hydrogens is 686 g/mol. The highest BCUT2D eigenvalue weighted by atomic mass is 35.5. The highest BCUT2D eigenvalue weighted by Crippen LogP contribution is 2.43. The van der Waals surface area contributed by atoms with E-state index < -0.39 is 32.5 Å². The van der Waals surface area contributed by atoms with Crippen LogP contribution in [-0.4, -0.2) is 63.7 Å². The number of benzene rings is 3. The maximum absolute atomic E-state index is 15.9. The predicted octanol–water partition coefficient (Wildman–Crippen LogP) is 7.38. The molecule has 5 rings (SSSR count). The molecule has 15 heteroatoms. The van der Waals surface area contributed by atoms with Crippen molar-refractivity contribution in [3.8, 4) is 11.5 Å². The van der Waals surface area contributed by atoms with Crippen LogP contribution in [0.5, 0.6) is 11.5 Å². The summed E-state index contributed by atoms with van der Waals surface area (Å²) in [5, 5.41) is 3.20. The van der Waals surface area contributed by atoms with Crippen molar-refractivity contribution in [3.05, 3.63) is 101 Å². The Morgan fingerprint density at radius 3 is 2.43 bits per heavy atom. The molecule has 0 amide bonds. The average Bonchev–Trinajstić information content (AvgIpc) is 3.08. The lowest BCUT2D eigenvalue weighted by atomic mass is 9.76. The van der Waals surface area contributed by atoms with Crippen molar-refractivity contribution in [1.82, 2.24) is 14.9 Å². The highest BCUT2D eigenvalue weighted by Gasteiger charge is 2.39. The Bertz CT molecular complexity index is 1880. The van der Waals surface area contributed by atoms with Gasteiger partial charge in [0.2, 0.25) is 0 Å². The Kier molecular flexibility index (Phi) is 10.9. The fourth-order valence-corrected chi connectivity index (χ4v) is 8.05. The number of nitrogens with one attached hydrogen (secondary N) is 1. The molecule has 262 valence electrons. The summed E-state index contributed by atoms with van der Waals surface area (Å²) >= 11 is 6.63. The van der Waals surface area contributed by atoms with Crippen LogP contribution < -0.4 is 19.1 Å². The summed E-state index contributed by atoms with van der Waals surface area (Å²) in [6.45, 7) is -0.269. The van der Waals surface area contributed by atoms with Crippen LogP contribution in [-0.2, 0) is 22.7 Å². The van der Waals surface area contributed by atoms with Gasteiger partial charge in [0.15, 0.2) is 0 Å². The molecule has 1 unspecified atom stereocenters. The van der Waals surface area contributed by atoms with Gasteiger partial charge in [0, 0.05) is 36.0 Å². The third-order valence-electron chi connectivity index (χ3n) is 8.75. The van der Waals surface area contributed by atoms with Gasteiger partial charge in [0.25, 0.3) is 10.0 Å². The number of halogens is 5. The zero-order chi connectivity index (χ0) is 35.5. The monoisotopic (exact) mass is 721 g/mol. The van der Waals surface area contributed by atoms with Gasteiger partial charge in [-0.05, 0) is 75.2 Å².